The average molecular weight is 391 g/mol. The molecular weight excluding hydrogens is 371 g/mol. The van der Waals surface area contributed by atoms with Gasteiger partial charge in [-0.25, -0.2) is 4.39 Å². The topological polar surface area (TPSA) is 41.1 Å². The molecule has 3 rings (SSSR count). The Bertz CT molecular complexity index is 719. The number of nitrogens with one attached hydrogen (secondary N) is 2. The minimum atomic E-state index is -0.498. The quantitative estimate of drug-likeness (QED) is 0.817. The lowest BCUT2D eigenvalue weighted by Crippen LogP contribution is -2.50. The molecule has 1 aliphatic rings. The Labute approximate surface area is 149 Å². The first kappa shape index (κ1) is 17.1. The highest BCUT2D eigenvalue weighted by Crippen LogP contribution is 2.28. The maximum absolute atomic E-state index is 14.5. The maximum atomic E-state index is 14.5. The lowest BCUT2D eigenvalue weighted by Gasteiger charge is -2.33. The second-order valence-corrected chi connectivity index (χ2v) is 7.14. The van der Waals surface area contributed by atoms with Crippen molar-refractivity contribution in [2.24, 2.45) is 11.8 Å². The van der Waals surface area contributed by atoms with E-state index in [4.69, 9.17) is 0 Å². The van der Waals surface area contributed by atoms with Crippen molar-refractivity contribution in [3.8, 4) is 0 Å². The van der Waals surface area contributed by atoms with Crippen LogP contribution >= 0.6 is 15.9 Å². The molecule has 24 heavy (non-hydrogen) atoms. The number of carbonyl (C=O) groups is 1. The number of hydrogen-bond donors (Lipinski definition) is 2. The van der Waals surface area contributed by atoms with Crippen LogP contribution < -0.4 is 10.6 Å². The standard InChI is InChI=1S/C19H20BrFN2O/c1-12(14-10-22-11-14)19(24)23-18(13-5-3-2-4-6-13)16-8-7-15(20)9-17(16)21/h2-9,12,14,18,22H,10-11H2,1H3,(H,23,24). The van der Waals surface area contributed by atoms with Gasteiger partial charge in [0.2, 0.25) is 5.91 Å². The van der Waals surface area contributed by atoms with Crippen molar-refractivity contribution in [1.29, 1.82) is 0 Å². The van der Waals surface area contributed by atoms with Crippen molar-refractivity contribution in [2.75, 3.05) is 13.1 Å². The molecule has 1 saturated heterocycles. The van der Waals surface area contributed by atoms with Gasteiger partial charge >= 0.3 is 0 Å². The number of hydrogen-bond acceptors (Lipinski definition) is 2. The van der Waals surface area contributed by atoms with E-state index in [0.29, 0.717) is 16.0 Å². The van der Waals surface area contributed by atoms with E-state index in [0.717, 1.165) is 18.7 Å². The smallest absolute Gasteiger partial charge is 0.223 e. The zero-order chi connectivity index (χ0) is 17.1. The molecule has 0 saturated carbocycles. The summed E-state index contributed by atoms with van der Waals surface area (Å²) in [6, 6.07) is 13.9. The summed E-state index contributed by atoms with van der Waals surface area (Å²) in [7, 11) is 0. The van der Waals surface area contributed by atoms with Crippen LogP contribution in [0.4, 0.5) is 4.39 Å². The summed E-state index contributed by atoms with van der Waals surface area (Å²) >= 11 is 3.28. The Morgan fingerprint density at radius 3 is 2.54 bits per heavy atom. The van der Waals surface area contributed by atoms with Crippen LogP contribution in [0.5, 0.6) is 0 Å². The molecule has 2 atom stereocenters. The largest absolute Gasteiger partial charge is 0.345 e. The summed E-state index contributed by atoms with van der Waals surface area (Å²) in [5, 5.41) is 6.22. The molecular formula is C19H20BrFN2O. The number of halogens is 2. The molecule has 2 aromatic carbocycles. The van der Waals surface area contributed by atoms with E-state index in [1.165, 1.54) is 6.07 Å². The Morgan fingerprint density at radius 2 is 1.96 bits per heavy atom. The van der Waals surface area contributed by atoms with E-state index < -0.39 is 6.04 Å². The number of amides is 1. The fraction of sp³-hybridized carbons (Fsp3) is 0.316. The first-order chi connectivity index (χ1) is 11.6. The minimum Gasteiger partial charge on any atom is -0.345 e. The van der Waals surface area contributed by atoms with Crippen LogP contribution in [-0.4, -0.2) is 19.0 Å². The summed E-state index contributed by atoms with van der Waals surface area (Å²) < 4.78 is 15.2. The third-order valence-electron chi connectivity index (χ3n) is 4.63. The number of rotatable bonds is 5. The SMILES string of the molecule is CC(C(=O)NC(c1ccccc1)c1ccc(Br)cc1F)C1CNC1. The van der Waals surface area contributed by atoms with Gasteiger partial charge in [0.05, 0.1) is 6.04 Å². The molecule has 1 heterocycles. The van der Waals surface area contributed by atoms with Gasteiger partial charge in [-0.1, -0.05) is 59.3 Å². The Hall–Kier alpha value is -1.72. The van der Waals surface area contributed by atoms with Gasteiger partial charge in [-0.3, -0.25) is 4.79 Å². The average Bonchev–Trinajstić information content (AvgIpc) is 2.52. The van der Waals surface area contributed by atoms with Crippen LogP contribution in [0.3, 0.4) is 0 Å². The van der Waals surface area contributed by atoms with Gasteiger partial charge in [-0.05, 0) is 36.7 Å². The fourth-order valence-electron chi connectivity index (χ4n) is 2.87. The second-order valence-electron chi connectivity index (χ2n) is 6.23. The van der Waals surface area contributed by atoms with Crippen LogP contribution in [-0.2, 0) is 4.79 Å². The van der Waals surface area contributed by atoms with Gasteiger partial charge < -0.3 is 10.6 Å². The zero-order valence-electron chi connectivity index (χ0n) is 13.4. The molecule has 0 spiro atoms. The van der Waals surface area contributed by atoms with Crippen LogP contribution in [0, 0.1) is 17.7 Å². The molecule has 1 amide bonds. The molecule has 126 valence electrons. The van der Waals surface area contributed by atoms with Crippen LogP contribution in [0.25, 0.3) is 0 Å². The monoisotopic (exact) mass is 390 g/mol. The van der Waals surface area contributed by atoms with Gasteiger partial charge in [0.15, 0.2) is 0 Å². The van der Waals surface area contributed by atoms with Crippen molar-refractivity contribution >= 4 is 21.8 Å². The van der Waals surface area contributed by atoms with Gasteiger partial charge in [-0.15, -0.1) is 0 Å². The Morgan fingerprint density at radius 1 is 1.25 bits per heavy atom. The molecule has 0 aromatic heterocycles. The molecule has 2 N–H and O–H groups in total. The molecule has 2 aromatic rings. The van der Waals surface area contributed by atoms with E-state index in [1.54, 1.807) is 12.1 Å². The molecule has 3 nitrogen and oxygen atoms in total. The highest BCUT2D eigenvalue weighted by molar-refractivity contribution is 9.10. The fourth-order valence-corrected chi connectivity index (χ4v) is 3.21. The second kappa shape index (κ2) is 7.45. The predicted molar refractivity (Wildman–Crippen MR) is 96.1 cm³/mol. The van der Waals surface area contributed by atoms with Crippen molar-refractivity contribution < 1.29 is 9.18 Å². The van der Waals surface area contributed by atoms with E-state index >= 15 is 0 Å². The van der Waals surface area contributed by atoms with E-state index in [1.807, 2.05) is 37.3 Å². The third-order valence-corrected chi connectivity index (χ3v) is 5.12. The molecule has 0 aliphatic carbocycles. The Balaban J connectivity index is 1.89. The summed E-state index contributed by atoms with van der Waals surface area (Å²) in [6.45, 7) is 3.65. The summed E-state index contributed by atoms with van der Waals surface area (Å²) in [4.78, 5) is 12.6. The summed E-state index contributed by atoms with van der Waals surface area (Å²) in [5.74, 6) is -0.138. The summed E-state index contributed by atoms with van der Waals surface area (Å²) in [6.07, 6.45) is 0. The van der Waals surface area contributed by atoms with Gasteiger partial charge in [0.1, 0.15) is 5.82 Å². The van der Waals surface area contributed by atoms with Crippen LogP contribution in [0.2, 0.25) is 0 Å². The molecule has 0 radical (unpaired) electrons. The minimum absolute atomic E-state index is 0.0438. The predicted octanol–water partition coefficient (Wildman–Crippen LogP) is 3.65. The van der Waals surface area contributed by atoms with Crippen molar-refractivity contribution in [3.63, 3.8) is 0 Å². The highest BCUT2D eigenvalue weighted by atomic mass is 79.9. The van der Waals surface area contributed by atoms with Gasteiger partial charge in [0.25, 0.3) is 0 Å². The lowest BCUT2D eigenvalue weighted by molar-refractivity contribution is -0.127. The normalized spacial score (nSPS) is 17.0. The number of benzene rings is 2. The third kappa shape index (κ3) is 3.68. The van der Waals surface area contributed by atoms with E-state index in [2.05, 4.69) is 26.6 Å². The maximum Gasteiger partial charge on any atom is 0.223 e. The number of carbonyl (C=O) groups excluding carboxylic acids is 1. The summed E-state index contributed by atoms with van der Waals surface area (Å²) in [5.41, 5.74) is 1.34. The molecule has 1 fully saturated rings. The zero-order valence-corrected chi connectivity index (χ0v) is 15.0. The van der Waals surface area contributed by atoms with Crippen LogP contribution in [0.15, 0.2) is 53.0 Å². The first-order valence-electron chi connectivity index (χ1n) is 8.07. The van der Waals surface area contributed by atoms with Gasteiger partial charge in [-0.2, -0.15) is 0 Å². The van der Waals surface area contributed by atoms with Crippen molar-refractivity contribution in [3.05, 3.63) is 69.9 Å². The first-order valence-corrected chi connectivity index (χ1v) is 8.86. The molecule has 0 bridgehead atoms. The van der Waals surface area contributed by atoms with E-state index in [-0.39, 0.29) is 17.6 Å². The Kier molecular flexibility index (Phi) is 5.31. The van der Waals surface area contributed by atoms with Crippen molar-refractivity contribution in [2.45, 2.75) is 13.0 Å². The highest BCUT2D eigenvalue weighted by Gasteiger charge is 2.30. The molecule has 1 aliphatic heterocycles. The van der Waals surface area contributed by atoms with Crippen molar-refractivity contribution in [1.82, 2.24) is 10.6 Å². The van der Waals surface area contributed by atoms with Gasteiger partial charge in [0, 0.05) is 16.0 Å². The molecule has 5 heteroatoms. The van der Waals surface area contributed by atoms with E-state index in [9.17, 15) is 9.18 Å². The lowest BCUT2D eigenvalue weighted by atomic mass is 9.87. The van der Waals surface area contributed by atoms with Crippen LogP contribution in [0.1, 0.15) is 24.1 Å². The molecule has 2 unspecified atom stereocenters.